The van der Waals surface area contributed by atoms with E-state index >= 15 is 0 Å². The predicted molar refractivity (Wildman–Crippen MR) is 60.1 cm³/mol. The lowest BCUT2D eigenvalue weighted by atomic mass is 9.61. The predicted octanol–water partition coefficient (Wildman–Crippen LogP) is 3.59. The highest BCUT2D eigenvalue weighted by Crippen LogP contribution is 2.45. The summed E-state index contributed by atoms with van der Waals surface area (Å²) in [7, 11) is 0. The van der Waals surface area contributed by atoms with Crippen LogP contribution in [0.15, 0.2) is 12.7 Å². The van der Waals surface area contributed by atoms with Gasteiger partial charge in [-0.1, -0.05) is 33.3 Å². The van der Waals surface area contributed by atoms with Gasteiger partial charge in [0.1, 0.15) is 5.78 Å². The molecule has 1 heteroatoms. The zero-order chi connectivity index (χ0) is 10.8. The zero-order valence-corrected chi connectivity index (χ0v) is 9.68. The number of hydrogen-bond acceptors (Lipinski definition) is 1. The number of hydrogen-bond donors (Lipinski definition) is 0. The maximum absolute atomic E-state index is 11.8. The Kier molecular flexibility index (Phi) is 3.52. The van der Waals surface area contributed by atoms with E-state index in [1.807, 2.05) is 6.08 Å². The van der Waals surface area contributed by atoms with Gasteiger partial charge in [-0.25, -0.2) is 0 Å². The highest BCUT2D eigenvalue weighted by molar-refractivity contribution is 5.82. The molecule has 0 radical (unpaired) electrons. The summed E-state index contributed by atoms with van der Waals surface area (Å²) in [6.45, 7) is 10.5. The average Bonchev–Trinajstić information content (AvgIpc) is 2.12. The van der Waals surface area contributed by atoms with Gasteiger partial charge in [0.05, 0.1) is 0 Å². The Labute approximate surface area is 87.6 Å². The fourth-order valence-corrected chi connectivity index (χ4v) is 2.90. The lowest BCUT2D eigenvalue weighted by Gasteiger charge is -2.42. The van der Waals surface area contributed by atoms with E-state index in [2.05, 4.69) is 27.4 Å². The Hall–Kier alpha value is -0.590. The number of carbonyl (C=O) groups is 1. The van der Waals surface area contributed by atoms with E-state index in [0.717, 1.165) is 25.7 Å². The van der Waals surface area contributed by atoms with Crippen LogP contribution in [0.25, 0.3) is 0 Å². The van der Waals surface area contributed by atoms with Crippen molar-refractivity contribution in [1.29, 1.82) is 0 Å². The highest BCUT2D eigenvalue weighted by atomic mass is 16.1. The molecule has 1 fully saturated rings. The fraction of sp³-hybridized carbons (Fsp3) is 0.769. The largest absolute Gasteiger partial charge is 0.299 e. The summed E-state index contributed by atoms with van der Waals surface area (Å²) in [5.74, 6) is 1.24. The first kappa shape index (κ1) is 11.5. The van der Waals surface area contributed by atoms with Crippen LogP contribution in [0.4, 0.5) is 0 Å². The molecule has 0 spiro atoms. The summed E-state index contributed by atoms with van der Waals surface area (Å²) in [6, 6.07) is 0. The Balaban J connectivity index is 2.85. The minimum absolute atomic E-state index is 0.237. The van der Waals surface area contributed by atoms with Gasteiger partial charge in [-0.05, 0) is 24.2 Å². The Morgan fingerprint density at radius 3 is 2.71 bits per heavy atom. The first-order chi connectivity index (χ1) is 6.53. The van der Waals surface area contributed by atoms with Crippen molar-refractivity contribution >= 4 is 5.78 Å². The summed E-state index contributed by atoms with van der Waals surface area (Å²) < 4.78 is 0. The van der Waals surface area contributed by atoms with E-state index < -0.39 is 0 Å². The molecule has 0 aromatic carbocycles. The van der Waals surface area contributed by atoms with Gasteiger partial charge in [-0.15, -0.1) is 6.58 Å². The molecule has 1 rings (SSSR count). The lowest BCUT2D eigenvalue weighted by Crippen LogP contribution is -2.39. The molecule has 1 aliphatic carbocycles. The fourth-order valence-electron chi connectivity index (χ4n) is 2.90. The molecular formula is C13H22O. The molecule has 0 aliphatic heterocycles. The molecule has 0 amide bonds. The van der Waals surface area contributed by atoms with Crippen LogP contribution in [0.5, 0.6) is 0 Å². The molecule has 0 aromatic rings. The second-order valence-corrected chi connectivity index (χ2v) is 5.10. The third-order valence-corrected chi connectivity index (χ3v) is 3.78. The normalized spacial score (nSPS) is 31.5. The van der Waals surface area contributed by atoms with Crippen molar-refractivity contribution in [3.63, 3.8) is 0 Å². The van der Waals surface area contributed by atoms with Gasteiger partial charge in [0.25, 0.3) is 0 Å². The summed E-state index contributed by atoms with van der Waals surface area (Å²) in [4.78, 5) is 11.8. The van der Waals surface area contributed by atoms with Gasteiger partial charge in [0.2, 0.25) is 0 Å². The van der Waals surface area contributed by atoms with Gasteiger partial charge in [0.15, 0.2) is 0 Å². The molecule has 1 aliphatic rings. The molecule has 0 saturated heterocycles. The first-order valence-electron chi connectivity index (χ1n) is 5.66. The summed E-state index contributed by atoms with van der Waals surface area (Å²) >= 11 is 0. The molecule has 14 heavy (non-hydrogen) atoms. The van der Waals surface area contributed by atoms with Crippen molar-refractivity contribution in [2.75, 3.05) is 0 Å². The number of carbonyl (C=O) groups excluding carboxylic acids is 1. The van der Waals surface area contributed by atoms with Crippen molar-refractivity contribution in [2.24, 2.45) is 17.3 Å². The quantitative estimate of drug-likeness (QED) is 0.627. The smallest absolute Gasteiger partial charge is 0.136 e. The standard InChI is InChI=1S/C13H22O/c1-5-7-10-11(6-2)13(3,4)9-8-12(10)14/h5,10-11H,1,6-9H2,2-4H3/t10-,11-/m1/s1. The van der Waals surface area contributed by atoms with Crippen LogP contribution in [0.2, 0.25) is 0 Å². The van der Waals surface area contributed by atoms with Crippen LogP contribution in [0.3, 0.4) is 0 Å². The van der Waals surface area contributed by atoms with Crippen molar-refractivity contribution in [3.05, 3.63) is 12.7 Å². The van der Waals surface area contributed by atoms with E-state index in [1.165, 1.54) is 0 Å². The van der Waals surface area contributed by atoms with Crippen molar-refractivity contribution in [1.82, 2.24) is 0 Å². The van der Waals surface area contributed by atoms with E-state index in [0.29, 0.717) is 17.1 Å². The SMILES string of the molecule is C=CC[C@H]1C(=O)CCC(C)(C)[C@@H]1CC. The Morgan fingerprint density at radius 1 is 1.57 bits per heavy atom. The molecule has 2 atom stereocenters. The van der Waals surface area contributed by atoms with E-state index in [1.54, 1.807) is 0 Å². The van der Waals surface area contributed by atoms with Gasteiger partial charge in [-0.3, -0.25) is 4.79 Å². The maximum Gasteiger partial charge on any atom is 0.136 e. The van der Waals surface area contributed by atoms with Gasteiger partial charge in [0, 0.05) is 12.3 Å². The van der Waals surface area contributed by atoms with Crippen LogP contribution in [0.1, 0.15) is 46.5 Å². The average molecular weight is 194 g/mol. The molecule has 0 bridgehead atoms. The summed E-state index contributed by atoms with van der Waals surface area (Å²) in [5.41, 5.74) is 0.330. The van der Waals surface area contributed by atoms with Crippen LogP contribution in [-0.4, -0.2) is 5.78 Å². The number of rotatable bonds is 3. The lowest BCUT2D eigenvalue weighted by molar-refractivity contribution is -0.131. The third-order valence-electron chi connectivity index (χ3n) is 3.78. The monoisotopic (exact) mass is 194 g/mol. The molecule has 80 valence electrons. The van der Waals surface area contributed by atoms with Crippen LogP contribution in [-0.2, 0) is 4.79 Å². The zero-order valence-electron chi connectivity index (χ0n) is 9.68. The van der Waals surface area contributed by atoms with Crippen LogP contribution < -0.4 is 0 Å². The number of ketones is 1. The molecule has 1 saturated carbocycles. The van der Waals surface area contributed by atoms with Gasteiger partial charge < -0.3 is 0 Å². The first-order valence-corrected chi connectivity index (χ1v) is 5.66. The molecule has 0 N–H and O–H groups in total. The van der Waals surface area contributed by atoms with Crippen LogP contribution in [0, 0.1) is 17.3 Å². The Bertz CT molecular complexity index is 227. The van der Waals surface area contributed by atoms with Gasteiger partial charge in [-0.2, -0.15) is 0 Å². The Morgan fingerprint density at radius 2 is 2.21 bits per heavy atom. The van der Waals surface area contributed by atoms with Crippen molar-refractivity contribution < 1.29 is 4.79 Å². The van der Waals surface area contributed by atoms with Crippen molar-refractivity contribution in [3.8, 4) is 0 Å². The van der Waals surface area contributed by atoms with E-state index in [4.69, 9.17) is 0 Å². The van der Waals surface area contributed by atoms with E-state index in [9.17, 15) is 4.79 Å². The minimum Gasteiger partial charge on any atom is -0.299 e. The van der Waals surface area contributed by atoms with Crippen molar-refractivity contribution in [2.45, 2.75) is 46.5 Å². The molecule has 0 aromatic heterocycles. The topological polar surface area (TPSA) is 17.1 Å². The molecule has 0 heterocycles. The van der Waals surface area contributed by atoms with Gasteiger partial charge >= 0.3 is 0 Å². The minimum atomic E-state index is 0.237. The van der Waals surface area contributed by atoms with Crippen LogP contribution >= 0.6 is 0 Å². The molecule has 0 unspecified atom stereocenters. The summed E-state index contributed by atoms with van der Waals surface area (Å²) in [6.07, 6.45) is 5.69. The highest BCUT2D eigenvalue weighted by Gasteiger charge is 2.41. The number of Topliss-reactive ketones (excluding diaryl/α,β-unsaturated/α-hetero) is 1. The number of allylic oxidation sites excluding steroid dienone is 1. The summed E-state index contributed by atoms with van der Waals surface area (Å²) in [5, 5.41) is 0. The third kappa shape index (κ3) is 2.08. The van der Waals surface area contributed by atoms with E-state index in [-0.39, 0.29) is 5.92 Å². The molecule has 1 nitrogen and oxygen atoms in total. The second-order valence-electron chi connectivity index (χ2n) is 5.10. The second kappa shape index (κ2) is 4.29. The molecular weight excluding hydrogens is 172 g/mol. The maximum atomic E-state index is 11.8.